The van der Waals surface area contributed by atoms with Gasteiger partial charge in [-0.3, -0.25) is 4.79 Å². The molecule has 12 nitrogen and oxygen atoms in total. The van der Waals surface area contributed by atoms with Crippen LogP contribution in [0.1, 0.15) is 97.3 Å². The van der Waals surface area contributed by atoms with Crippen LogP contribution < -0.4 is 43.7 Å². The monoisotopic (exact) mass is 1960 g/mol. The molecule has 5 aromatic heterocycles. The van der Waals surface area contributed by atoms with Crippen LogP contribution in [0.4, 0.5) is 22.3 Å². The predicted octanol–water partition coefficient (Wildman–Crippen LogP) is 14.5. The molecule has 401 valence electrons. The normalized spacial score (nSPS) is 10.6. The number of alkyl halides is 1. The number of halogens is 8. The number of carbonyl (C=O) groups is 2. The number of hydrogen-bond acceptors (Lipinski definition) is 14. The van der Waals surface area contributed by atoms with Gasteiger partial charge in [-0.15, -0.1) is 57.4 Å². The van der Waals surface area contributed by atoms with Gasteiger partial charge in [-0.05, 0) is 65.2 Å². The number of rotatable bonds is 10. The molecule has 0 saturated carbocycles. The molecule has 8 N–H and O–H groups in total. The van der Waals surface area contributed by atoms with Crippen molar-refractivity contribution < 1.29 is 44.7 Å². The molecule has 29 heteroatoms. The predicted molar refractivity (Wildman–Crippen MR) is 360 cm³/mol. The number of aryl methyl sites for hydroxylation is 3. The first-order valence-corrected chi connectivity index (χ1v) is 59.7. The SMILES string of the molecule is C.CC.CCC[CH2][Sn]([CH3])([CH2]CCC)[CH2]CCC.Cc1csc2ncnc(N)c12.Cc1csc2ncnc(N)c12.O=C(Cl)CCl.[B][I-][B].[C-]#[N+]C1=C(N)SCC1=O.[C-]#[N+]c1c(C)csc1N.[I][V]([I])[I].[I][V][I]. The average Bonchev–Trinajstić information content (AvgIpc) is 4.11. The first kappa shape index (κ1) is 83.3. The van der Waals surface area contributed by atoms with E-state index in [4.69, 9.17) is 70.7 Å². The molecule has 6 heterocycles. The van der Waals surface area contributed by atoms with Gasteiger partial charge in [0.25, 0.3) is 5.70 Å². The maximum absolute atomic E-state index is 10.6. The Bertz CT molecular complexity index is 2210. The third-order valence-electron chi connectivity index (χ3n) is 8.72. The molecule has 5 aromatic rings. The number of aromatic nitrogens is 4. The number of Topliss-reactive ketones (excluding diaryl/α,β-unsaturated/α-hetero) is 1. The Morgan fingerprint density at radius 1 is 0.806 bits per heavy atom. The molecule has 0 aliphatic carbocycles. The quantitative estimate of drug-likeness (QED) is 0.0341. The van der Waals surface area contributed by atoms with Crippen molar-refractivity contribution in [3.8, 4) is 0 Å². The number of ketones is 1. The number of nitrogen functional groups attached to an aromatic ring is 3. The third kappa shape index (κ3) is 40.6. The van der Waals surface area contributed by atoms with Crippen LogP contribution >= 0.6 is 169 Å². The van der Waals surface area contributed by atoms with E-state index in [1.807, 2.05) is 50.8 Å². The molecule has 0 unspecified atom stereocenters. The van der Waals surface area contributed by atoms with Crippen molar-refractivity contribution in [3.63, 3.8) is 0 Å². The summed E-state index contributed by atoms with van der Waals surface area (Å²) in [5.41, 5.74) is 35.5. The van der Waals surface area contributed by atoms with Gasteiger partial charge < -0.3 is 27.7 Å². The number of thiophene rings is 3. The van der Waals surface area contributed by atoms with Crippen molar-refractivity contribution in [1.82, 2.24) is 19.9 Å². The van der Waals surface area contributed by atoms with Crippen molar-refractivity contribution in [1.29, 1.82) is 0 Å². The van der Waals surface area contributed by atoms with Crippen LogP contribution in [0.15, 0.2) is 39.5 Å². The van der Waals surface area contributed by atoms with E-state index in [0.717, 1.165) is 37.1 Å². The number of nitrogens with two attached hydrogens (primary N) is 4. The second-order valence-electron chi connectivity index (χ2n) is 14.0. The van der Waals surface area contributed by atoms with E-state index >= 15 is 0 Å². The van der Waals surface area contributed by atoms with Gasteiger partial charge in [0.2, 0.25) is 10.9 Å². The zero-order valence-corrected chi connectivity index (χ0v) is 64.6. The Morgan fingerprint density at radius 2 is 1.15 bits per heavy atom. The van der Waals surface area contributed by atoms with E-state index in [0.29, 0.717) is 42.6 Å². The summed E-state index contributed by atoms with van der Waals surface area (Å²) in [6.45, 7) is 30.1. The number of nitrogens with zero attached hydrogens (tertiary/aromatic N) is 6. The number of unbranched alkanes of at least 4 members (excludes halogenated alkanes) is 3. The van der Waals surface area contributed by atoms with Gasteiger partial charge in [0.1, 0.15) is 34.0 Å². The number of thioether (sulfide) groups is 1. The first-order chi connectivity index (χ1) is 33.6. The van der Waals surface area contributed by atoms with Gasteiger partial charge in [0, 0.05) is 0 Å². The van der Waals surface area contributed by atoms with Crippen LogP contribution in [0.25, 0.3) is 30.1 Å². The second kappa shape index (κ2) is 54.1. The molecule has 0 fully saturated rings. The zero-order chi connectivity index (χ0) is 55.5. The van der Waals surface area contributed by atoms with Crippen molar-refractivity contribution in [3.05, 3.63) is 79.0 Å². The van der Waals surface area contributed by atoms with Crippen LogP contribution in [0.3, 0.4) is 0 Å². The topological polar surface area (TPSA) is 198 Å². The molecule has 0 atom stereocenters. The summed E-state index contributed by atoms with van der Waals surface area (Å²) in [4.78, 5) is 46.7. The van der Waals surface area contributed by atoms with Crippen LogP contribution in [0.5, 0.6) is 0 Å². The molecular weight excluding hydrogens is 1890 g/mol. The number of hydrogen-bond donors (Lipinski definition) is 4. The van der Waals surface area contributed by atoms with Crippen molar-refractivity contribution in [2.45, 2.75) is 120 Å². The maximum atomic E-state index is 10.6. The number of fused-ring (bicyclic) bond motifs is 2. The fourth-order valence-corrected chi connectivity index (χ4v) is 21.1. The summed E-state index contributed by atoms with van der Waals surface area (Å²) in [5.74, 6) is 1.25. The molecular formula is C43H66B2Cl2I6N10O2S4SnV2-. The Labute approximate surface area is 540 Å². The van der Waals surface area contributed by atoms with Gasteiger partial charge in [-0.25, -0.2) is 29.6 Å². The summed E-state index contributed by atoms with van der Waals surface area (Å²) in [5, 5.41) is 8.45. The van der Waals surface area contributed by atoms with Gasteiger partial charge in [-0.2, -0.15) is 0 Å². The van der Waals surface area contributed by atoms with Crippen LogP contribution in [-0.2, 0) is 24.0 Å². The molecule has 0 amide bonds. The number of allylic oxidation sites excluding steroid dienone is 1. The molecule has 0 bridgehead atoms. The molecule has 6 rings (SSSR count). The second-order valence-corrected chi connectivity index (χ2v) is 80.8. The summed E-state index contributed by atoms with van der Waals surface area (Å²) >= 11 is 25.5. The standard InChI is InChI=1S/2C7H7N3S.C6H6N2S.C5H4N2OS.3C4H9.C2H2Cl2O.C2H6.CH4.CH3.B2I.5HI.Sn.2V/c2*1-4-2-11-7-5(4)6(8)9-3-10-7;1-4-3-9-6(7)5(4)8-2;1-7-4-3(8)2-9-5(4)6;3*1-3-4-2;3-1-2(4)5;1-2;;;1-3-2;;;;;;;;/h2*2-3H,1H3,(H2,8,9,10);3H,7H2,1H3;2,6H2;3*1,3-4H2,2H3;1H2;1-2H3;1H4;1H3;;5*1H;;;/q;;;;;;;;;;;-1;;;;;;;+2;+3/p-5. The van der Waals surface area contributed by atoms with E-state index in [1.165, 1.54) is 74.3 Å². The Kier molecular flexibility index (Phi) is 62.5. The fourth-order valence-electron chi connectivity index (χ4n) is 5.41. The van der Waals surface area contributed by atoms with Crippen molar-refractivity contribution in [2.24, 2.45) is 5.73 Å². The van der Waals surface area contributed by atoms with E-state index in [1.54, 1.807) is 36.0 Å². The van der Waals surface area contributed by atoms with Crippen LogP contribution in [0, 0.1) is 33.9 Å². The average molecular weight is 1960 g/mol. The number of anilines is 3. The third-order valence-corrected chi connectivity index (χ3v) is 26.4. The van der Waals surface area contributed by atoms with E-state index < -0.39 is 44.4 Å². The van der Waals surface area contributed by atoms with E-state index in [-0.39, 0.29) is 29.7 Å². The summed E-state index contributed by atoms with van der Waals surface area (Å²) in [6, 6.07) is 0. The van der Waals surface area contributed by atoms with Gasteiger partial charge in [0.15, 0.2) is 5.78 Å². The molecule has 0 aromatic carbocycles. The minimum atomic E-state index is -1.56. The van der Waals surface area contributed by atoms with Gasteiger partial charge in [0.05, 0.1) is 45.6 Å². The summed E-state index contributed by atoms with van der Waals surface area (Å²) in [7, 11) is 0.628. The van der Waals surface area contributed by atoms with Crippen molar-refractivity contribution >= 4 is 252 Å². The molecule has 4 radical (unpaired) electrons. The minimum absolute atomic E-state index is 0. The molecule has 0 saturated heterocycles. The summed E-state index contributed by atoms with van der Waals surface area (Å²) in [6.07, 6.45) is 11.8. The Hall–Kier alpha value is 2.45. The summed E-state index contributed by atoms with van der Waals surface area (Å²) < 4.78 is 4.97. The van der Waals surface area contributed by atoms with Gasteiger partial charge in [-0.1, -0.05) is 21.3 Å². The molecule has 1 aliphatic rings. The molecule has 72 heavy (non-hydrogen) atoms. The Morgan fingerprint density at radius 3 is 1.36 bits per heavy atom. The number of carbonyl (C=O) groups excluding carboxylic acids is 2. The molecule has 0 spiro atoms. The Balaban J connectivity index is -0.000000241. The fraction of sp³-hybridized carbons (Fsp3) is 0.488. The molecule has 1 aliphatic heterocycles. The van der Waals surface area contributed by atoms with Gasteiger partial charge >= 0.3 is 242 Å². The van der Waals surface area contributed by atoms with E-state index in [9.17, 15) is 9.59 Å². The van der Waals surface area contributed by atoms with Crippen LogP contribution in [-0.4, -0.2) is 72.4 Å². The van der Waals surface area contributed by atoms with Crippen molar-refractivity contribution in [2.75, 3.05) is 28.8 Å². The van der Waals surface area contributed by atoms with Crippen LogP contribution in [0.2, 0.25) is 18.2 Å². The zero-order valence-electron chi connectivity index (χ0n) is 41.2. The first-order valence-electron chi connectivity index (χ1n) is 21.2. The van der Waals surface area contributed by atoms with E-state index in [2.05, 4.69) is 155 Å².